The third kappa shape index (κ3) is 4.92. The summed E-state index contributed by atoms with van der Waals surface area (Å²) in [6, 6.07) is 5.26. The van der Waals surface area contributed by atoms with Crippen molar-refractivity contribution >= 4 is 23.4 Å². The van der Waals surface area contributed by atoms with Gasteiger partial charge in [0.15, 0.2) is 0 Å². The van der Waals surface area contributed by atoms with E-state index in [-0.39, 0.29) is 23.2 Å². The van der Waals surface area contributed by atoms with Gasteiger partial charge in [0, 0.05) is 10.6 Å². The van der Waals surface area contributed by atoms with Crippen LogP contribution in [0.2, 0.25) is 0 Å². The van der Waals surface area contributed by atoms with Crippen LogP contribution in [0.15, 0.2) is 29.2 Å². The summed E-state index contributed by atoms with van der Waals surface area (Å²) in [7, 11) is 0. The number of alkyl halides is 3. The molecule has 0 unspecified atom stereocenters. The summed E-state index contributed by atoms with van der Waals surface area (Å²) in [6.07, 6.45) is 0. The average molecular weight is 250 g/mol. The second kappa shape index (κ2) is 5.11. The highest BCUT2D eigenvalue weighted by Gasteiger charge is 2.28. The monoisotopic (exact) mass is 250 g/mol. The quantitative estimate of drug-likeness (QED) is 0.822. The molecule has 0 amide bonds. The zero-order valence-corrected chi connectivity index (χ0v) is 8.69. The summed E-state index contributed by atoms with van der Waals surface area (Å²) in [5.41, 5.74) is -3.89. The molecule has 0 saturated heterocycles. The molecule has 0 aromatic heterocycles. The number of carboxylic acid groups (broad SMARTS) is 1. The Morgan fingerprint density at radius 2 is 1.88 bits per heavy atom. The molecule has 0 radical (unpaired) electrons. The Kier molecular flexibility index (Phi) is 4.05. The molecule has 0 aliphatic rings. The smallest absolute Gasteiger partial charge is 0.446 e. The zero-order valence-electron chi connectivity index (χ0n) is 7.88. The Balaban J connectivity index is 2.57. The van der Waals surface area contributed by atoms with E-state index in [4.69, 9.17) is 0 Å². The highest BCUT2D eigenvalue weighted by atomic mass is 32.2. The second-order valence-electron chi connectivity index (χ2n) is 2.80. The predicted octanol–water partition coefficient (Wildman–Crippen LogP) is 1.46. The minimum Gasteiger partial charge on any atom is -0.548 e. The molecule has 0 heterocycles. The van der Waals surface area contributed by atoms with Crippen LogP contribution in [0.4, 0.5) is 18.9 Å². The SMILES string of the molecule is O=C([O-])CNc1ccc(SC(F)(F)F)cc1. The maximum Gasteiger partial charge on any atom is 0.446 e. The molecule has 0 atom stereocenters. The maximum atomic E-state index is 12.0. The van der Waals surface area contributed by atoms with E-state index in [0.29, 0.717) is 5.69 Å². The largest absolute Gasteiger partial charge is 0.548 e. The second-order valence-corrected chi connectivity index (χ2v) is 3.94. The van der Waals surface area contributed by atoms with E-state index >= 15 is 0 Å². The molecule has 0 bridgehead atoms. The van der Waals surface area contributed by atoms with Crippen LogP contribution in [0.3, 0.4) is 0 Å². The number of carbonyl (C=O) groups is 1. The first-order chi connectivity index (χ1) is 7.37. The van der Waals surface area contributed by atoms with Gasteiger partial charge < -0.3 is 15.2 Å². The Morgan fingerprint density at radius 3 is 2.31 bits per heavy atom. The van der Waals surface area contributed by atoms with Crippen LogP contribution in [0.25, 0.3) is 0 Å². The van der Waals surface area contributed by atoms with Gasteiger partial charge in [-0.25, -0.2) is 0 Å². The fourth-order valence-electron chi connectivity index (χ4n) is 0.949. The first-order valence-corrected chi connectivity index (χ1v) is 4.98. The Labute approximate surface area is 93.7 Å². The number of hydrogen-bond donors (Lipinski definition) is 1. The van der Waals surface area contributed by atoms with Crippen LogP contribution < -0.4 is 10.4 Å². The number of aliphatic carboxylic acids is 1. The van der Waals surface area contributed by atoms with Gasteiger partial charge in [-0.15, -0.1) is 0 Å². The van der Waals surface area contributed by atoms with Gasteiger partial charge in [0.25, 0.3) is 0 Å². The fraction of sp³-hybridized carbons (Fsp3) is 0.222. The fourth-order valence-corrected chi connectivity index (χ4v) is 1.49. The number of carbonyl (C=O) groups excluding carboxylic acids is 1. The molecule has 0 aliphatic carbocycles. The molecule has 0 aliphatic heterocycles. The van der Waals surface area contributed by atoms with E-state index in [2.05, 4.69) is 5.32 Å². The topological polar surface area (TPSA) is 52.2 Å². The van der Waals surface area contributed by atoms with Gasteiger partial charge in [-0.05, 0) is 36.0 Å². The first-order valence-electron chi connectivity index (χ1n) is 4.16. The average Bonchev–Trinajstić information content (AvgIpc) is 2.14. The molecule has 1 aromatic rings. The Morgan fingerprint density at radius 1 is 1.31 bits per heavy atom. The van der Waals surface area contributed by atoms with Gasteiger partial charge in [-0.1, -0.05) is 0 Å². The van der Waals surface area contributed by atoms with E-state index in [1.807, 2.05) is 0 Å². The van der Waals surface area contributed by atoms with Crippen LogP contribution in [0.5, 0.6) is 0 Å². The van der Waals surface area contributed by atoms with Crippen molar-refractivity contribution in [3.63, 3.8) is 0 Å². The van der Waals surface area contributed by atoms with Gasteiger partial charge in [0.2, 0.25) is 0 Å². The molecule has 0 fully saturated rings. The lowest BCUT2D eigenvalue weighted by Crippen LogP contribution is -2.30. The summed E-state index contributed by atoms with van der Waals surface area (Å²) in [4.78, 5) is 10.1. The number of benzene rings is 1. The van der Waals surface area contributed by atoms with Crippen molar-refractivity contribution in [3.05, 3.63) is 24.3 Å². The Hall–Kier alpha value is -1.37. The third-order valence-electron chi connectivity index (χ3n) is 1.52. The molecule has 1 aromatic carbocycles. The highest BCUT2D eigenvalue weighted by Crippen LogP contribution is 2.36. The van der Waals surface area contributed by atoms with E-state index in [0.717, 1.165) is 0 Å². The van der Waals surface area contributed by atoms with Gasteiger partial charge in [0.05, 0.1) is 12.5 Å². The number of rotatable bonds is 4. The first kappa shape index (κ1) is 12.7. The van der Waals surface area contributed by atoms with E-state index in [1.54, 1.807) is 0 Å². The molecule has 0 saturated carbocycles. The zero-order chi connectivity index (χ0) is 12.2. The molecule has 3 nitrogen and oxygen atoms in total. The molecule has 16 heavy (non-hydrogen) atoms. The summed E-state index contributed by atoms with van der Waals surface area (Å²) >= 11 is -0.223. The van der Waals surface area contributed by atoms with Crippen LogP contribution in [0.1, 0.15) is 0 Å². The van der Waals surface area contributed by atoms with Crippen LogP contribution in [-0.4, -0.2) is 18.0 Å². The standard InChI is InChI=1S/C9H8F3NO2S/c10-9(11,12)16-7-3-1-6(2-4-7)13-5-8(14)15/h1-4,13H,5H2,(H,14,15)/p-1. The van der Waals surface area contributed by atoms with Crippen molar-refractivity contribution in [1.82, 2.24) is 0 Å². The van der Waals surface area contributed by atoms with Crippen molar-refractivity contribution in [1.29, 1.82) is 0 Å². The lowest BCUT2D eigenvalue weighted by Gasteiger charge is -2.08. The third-order valence-corrected chi connectivity index (χ3v) is 2.26. The lowest BCUT2D eigenvalue weighted by molar-refractivity contribution is -0.302. The highest BCUT2D eigenvalue weighted by molar-refractivity contribution is 8.00. The number of thioether (sulfide) groups is 1. The van der Waals surface area contributed by atoms with E-state index in [1.165, 1.54) is 24.3 Å². The van der Waals surface area contributed by atoms with Gasteiger partial charge in [-0.2, -0.15) is 13.2 Å². The van der Waals surface area contributed by atoms with Crippen molar-refractivity contribution in [2.45, 2.75) is 10.4 Å². The van der Waals surface area contributed by atoms with Crippen molar-refractivity contribution in [2.24, 2.45) is 0 Å². The molecule has 0 spiro atoms. The van der Waals surface area contributed by atoms with Gasteiger partial charge in [-0.3, -0.25) is 0 Å². The van der Waals surface area contributed by atoms with Crippen molar-refractivity contribution in [2.75, 3.05) is 11.9 Å². The van der Waals surface area contributed by atoms with Crippen molar-refractivity contribution in [3.8, 4) is 0 Å². The summed E-state index contributed by atoms with van der Waals surface area (Å²) < 4.78 is 35.9. The van der Waals surface area contributed by atoms with E-state index < -0.39 is 11.5 Å². The summed E-state index contributed by atoms with van der Waals surface area (Å²) in [5, 5.41) is 12.6. The van der Waals surface area contributed by atoms with E-state index in [9.17, 15) is 23.1 Å². The van der Waals surface area contributed by atoms with Crippen LogP contribution in [-0.2, 0) is 4.79 Å². The molecule has 88 valence electrons. The summed E-state index contributed by atoms with van der Waals surface area (Å²) in [5.74, 6) is -1.28. The van der Waals surface area contributed by atoms with Crippen LogP contribution in [0, 0.1) is 0 Å². The van der Waals surface area contributed by atoms with Gasteiger partial charge >= 0.3 is 5.51 Å². The lowest BCUT2D eigenvalue weighted by atomic mass is 10.3. The summed E-state index contributed by atoms with van der Waals surface area (Å²) in [6.45, 7) is -0.383. The molecular formula is C9H7F3NO2S-. The number of hydrogen-bond acceptors (Lipinski definition) is 4. The van der Waals surface area contributed by atoms with Gasteiger partial charge in [0.1, 0.15) is 0 Å². The van der Waals surface area contributed by atoms with Crippen molar-refractivity contribution < 1.29 is 23.1 Å². The minimum absolute atomic E-state index is 0.0477. The number of halogens is 3. The molecule has 7 heteroatoms. The Bertz CT molecular complexity index is 364. The minimum atomic E-state index is -4.32. The normalized spacial score (nSPS) is 11.2. The molecular weight excluding hydrogens is 243 g/mol. The number of nitrogens with one attached hydrogen (secondary N) is 1. The maximum absolute atomic E-state index is 12.0. The molecule has 1 N–H and O–H groups in total. The predicted molar refractivity (Wildman–Crippen MR) is 51.9 cm³/mol. The number of anilines is 1. The number of carboxylic acids is 1. The van der Waals surface area contributed by atoms with Crippen LogP contribution >= 0.6 is 11.8 Å². The molecule has 1 rings (SSSR count).